The number of hydrogen-bond acceptors (Lipinski definition) is 4. The third kappa shape index (κ3) is 2.92. The molecule has 0 spiro atoms. The molecule has 1 aliphatic heterocycles. The molecule has 0 radical (unpaired) electrons. The molecule has 0 unspecified atom stereocenters. The zero-order valence-electron chi connectivity index (χ0n) is 8.09. The standard InChI is InChI=1S/C10H11NO4/c12-11(13)8-1-3-9(4-2-8)14-6-5-10-7-15-10/h1-4,10H,5-7H2/t10-/m1/s1. The maximum Gasteiger partial charge on any atom is 0.269 e. The molecular formula is C10H11NO4. The maximum atomic E-state index is 10.4. The summed E-state index contributed by atoms with van der Waals surface area (Å²) in [4.78, 5) is 9.94. The Morgan fingerprint density at radius 3 is 2.67 bits per heavy atom. The van der Waals surface area contributed by atoms with Gasteiger partial charge in [-0.15, -0.1) is 0 Å². The number of non-ortho nitro benzene ring substituents is 1. The van der Waals surface area contributed by atoms with E-state index in [1.54, 1.807) is 12.1 Å². The van der Waals surface area contributed by atoms with Crippen molar-refractivity contribution >= 4 is 5.69 Å². The summed E-state index contributed by atoms with van der Waals surface area (Å²) in [6.07, 6.45) is 1.22. The van der Waals surface area contributed by atoms with Gasteiger partial charge in [0.1, 0.15) is 5.75 Å². The number of benzene rings is 1. The first-order valence-corrected chi connectivity index (χ1v) is 4.74. The van der Waals surface area contributed by atoms with Gasteiger partial charge in [0.05, 0.1) is 24.2 Å². The Labute approximate surface area is 86.8 Å². The fourth-order valence-corrected chi connectivity index (χ4v) is 1.21. The molecule has 1 atom stereocenters. The van der Waals surface area contributed by atoms with Crippen LogP contribution in [0.4, 0.5) is 5.69 Å². The van der Waals surface area contributed by atoms with Crippen LogP contribution in [0, 0.1) is 10.1 Å². The summed E-state index contributed by atoms with van der Waals surface area (Å²) in [5, 5.41) is 10.4. The van der Waals surface area contributed by atoms with E-state index in [4.69, 9.17) is 9.47 Å². The van der Waals surface area contributed by atoms with Crippen LogP contribution < -0.4 is 4.74 Å². The minimum atomic E-state index is -0.429. The molecule has 1 heterocycles. The summed E-state index contributed by atoms with van der Waals surface area (Å²) in [6, 6.07) is 6.07. The van der Waals surface area contributed by atoms with Crippen LogP contribution in [0.2, 0.25) is 0 Å². The first-order valence-electron chi connectivity index (χ1n) is 4.74. The smallest absolute Gasteiger partial charge is 0.269 e. The van der Waals surface area contributed by atoms with Crippen molar-refractivity contribution in [2.24, 2.45) is 0 Å². The van der Waals surface area contributed by atoms with Gasteiger partial charge in [-0.05, 0) is 12.1 Å². The van der Waals surface area contributed by atoms with E-state index >= 15 is 0 Å². The summed E-state index contributed by atoms with van der Waals surface area (Å²) in [7, 11) is 0. The minimum absolute atomic E-state index is 0.0767. The second-order valence-corrected chi connectivity index (χ2v) is 3.34. The molecule has 0 aliphatic carbocycles. The van der Waals surface area contributed by atoms with Crippen LogP contribution >= 0.6 is 0 Å². The molecule has 1 aromatic rings. The van der Waals surface area contributed by atoms with E-state index < -0.39 is 4.92 Å². The fourth-order valence-electron chi connectivity index (χ4n) is 1.21. The van der Waals surface area contributed by atoms with Crippen LogP contribution in [-0.2, 0) is 4.74 Å². The largest absolute Gasteiger partial charge is 0.493 e. The fraction of sp³-hybridized carbons (Fsp3) is 0.400. The van der Waals surface area contributed by atoms with Crippen LogP contribution in [0.25, 0.3) is 0 Å². The van der Waals surface area contributed by atoms with Crippen molar-refractivity contribution in [3.63, 3.8) is 0 Å². The highest BCUT2D eigenvalue weighted by Gasteiger charge is 2.21. The number of rotatable bonds is 5. The van der Waals surface area contributed by atoms with E-state index in [0.717, 1.165) is 13.0 Å². The average Bonchev–Trinajstić information content (AvgIpc) is 3.02. The van der Waals surface area contributed by atoms with Gasteiger partial charge in [0.25, 0.3) is 5.69 Å². The van der Waals surface area contributed by atoms with E-state index in [9.17, 15) is 10.1 Å². The van der Waals surface area contributed by atoms with Crippen molar-refractivity contribution in [1.29, 1.82) is 0 Å². The lowest BCUT2D eigenvalue weighted by Gasteiger charge is -2.03. The summed E-state index contributed by atoms with van der Waals surface area (Å²) < 4.78 is 10.4. The molecule has 0 amide bonds. The molecule has 5 nitrogen and oxygen atoms in total. The Morgan fingerprint density at radius 2 is 2.13 bits per heavy atom. The first-order chi connectivity index (χ1) is 7.25. The highest BCUT2D eigenvalue weighted by molar-refractivity contribution is 5.35. The lowest BCUT2D eigenvalue weighted by Crippen LogP contribution is -2.00. The second-order valence-electron chi connectivity index (χ2n) is 3.34. The lowest BCUT2D eigenvalue weighted by atomic mass is 10.3. The van der Waals surface area contributed by atoms with Crippen molar-refractivity contribution in [2.75, 3.05) is 13.2 Å². The van der Waals surface area contributed by atoms with E-state index in [1.165, 1.54) is 12.1 Å². The summed E-state index contributed by atoms with van der Waals surface area (Å²) >= 11 is 0. The predicted octanol–water partition coefficient (Wildman–Crippen LogP) is 1.76. The normalized spacial score (nSPS) is 18.5. The zero-order valence-corrected chi connectivity index (χ0v) is 8.09. The Balaban J connectivity index is 1.83. The van der Waals surface area contributed by atoms with Crippen LogP contribution in [0.3, 0.4) is 0 Å². The molecule has 1 aromatic carbocycles. The van der Waals surface area contributed by atoms with Crippen molar-refractivity contribution in [3.8, 4) is 5.75 Å². The molecule has 5 heteroatoms. The number of hydrogen-bond donors (Lipinski definition) is 0. The number of nitrogens with zero attached hydrogens (tertiary/aromatic N) is 1. The van der Waals surface area contributed by atoms with Gasteiger partial charge in [-0.25, -0.2) is 0 Å². The molecule has 0 N–H and O–H groups in total. The third-order valence-electron chi connectivity index (χ3n) is 2.16. The van der Waals surface area contributed by atoms with Gasteiger partial charge in [-0.3, -0.25) is 10.1 Å². The molecule has 0 aromatic heterocycles. The number of ether oxygens (including phenoxy) is 2. The SMILES string of the molecule is O=[N+]([O-])c1ccc(OCC[C@@H]2CO2)cc1. The van der Waals surface area contributed by atoms with E-state index in [0.29, 0.717) is 18.5 Å². The minimum Gasteiger partial charge on any atom is -0.493 e. The molecule has 0 bridgehead atoms. The molecule has 80 valence electrons. The van der Waals surface area contributed by atoms with Crippen LogP contribution in [0.1, 0.15) is 6.42 Å². The molecular weight excluding hydrogens is 198 g/mol. The van der Waals surface area contributed by atoms with Gasteiger partial charge in [-0.1, -0.05) is 0 Å². The van der Waals surface area contributed by atoms with Gasteiger partial charge in [0.2, 0.25) is 0 Å². The second kappa shape index (κ2) is 4.27. The molecule has 15 heavy (non-hydrogen) atoms. The predicted molar refractivity (Wildman–Crippen MR) is 52.9 cm³/mol. The summed E-state index contributed by atoms with van der Waals surface area (Å²) in [6.45, 7) is 1.41. The van der Waals surface area contributed by atoms with Gasteiger partial charge in [-0.2, -0.15) is 0 Å². The van der Waals surface area contributed by atoms with E-state index in [-0.39, 0.29) is 5.69 Å². The van der Waals surface area contributed by atoms with Gasteiger partial charge < -0.3 is 9.47 Å². The third-order valence-corrected chi connectivity index (χ3v) is 2.16. The van der Waals surface area contributed by atoms with Crippen LogP contribution in [0.5, 0.6) is 5.75 Å². The topological polar surface area (TPSA) is 64.9 Å². The Bertz CT molecular complexity index is 345. The molecule has 2 rings (SSSR count). The number of epoxide rings is 1. The Morgan fingerprint density at radius 1 is 1.47 bits per heavy atom. The van der Waals surface area contributed by atoms with Gasteiger partial charge in [0, 0.05) is 18.6 Å². The maximum absolute atomic E-state index is 10.4. The van der Waals surface area contributed by atoms with Crippen molar-refractivity contribution in [1.82, 2.24) is 0 Å². The monoisotopic (exact) mass is 209 g/mol. The quantitative estimate of drug-likeness (QED) is 0.421. The highest BCUT2D eigenvalue weighted by Crippen LogP contribution is 2.19. The van der Waals surface area contributed by atoms with Crippen LogP contribution in [0.15, 0.2) is 24.3 Å². The first kappa shape index (κ1) is 9.92. The lowest BCUT2D eigenvalue weighted by molar-refractivity contribution is -0.384. The Kier molecular flexibility index (Phi) is 2.82. The molecule has 1 saturated heterocycles. The molecule has 1 fully saturated rings. The average molecular weight is 209 g/mol. The zero-order chi connectivity index (χ0) is 10.7. The summed E-state index contributed by atoms with van der Waals surface area (Å²) in [5.74, 6) is 0.654. The Hall–Kier alpha value is -1.62. The van der Waals surface area contributed by atoms with Crippen molar-refractivity contribution < 1.29 is 14.4 Å². The van der Waals surface area contributed by atoms with E-state index in [1.807, 2.05) is 0 Å². The molecule has 1 aliphatic rings. The number of nitro groups is 1. The highest BCUT2D eigenvalue weighted by atomic mass is 16.6. The van der Waals surface area contributed by atoms with Crippen molar-refractivity contribution in [2.45, 2.75) is 12.5 Å². The number of nitro benzene ring substituents is 1. The summed E-state index contributed by atoms with van der Waals surface area (Å²) in [5.41, 5.74) is 0.0767. The van der Waals surface area contributed by atoms with Gasteiger partial charge >= 0.3 is 0 Å². The van der Waals surface area contributed by atoms with Crippen molar-refractivity contribution in [3.05, 3.63) is 34.4 Å². The molecule has 0 saturated carbocycles. The van der Waals surface area contributed by atoms with Gasteiger partial charge in [0.15, 0.2) is 0 Å². The van der Waals surface area contributed by atoms with Crippen LogP contribution in [-0.4, -0.2) is 24.2 Å². The van der Waals surface area contributed by atoms with E-state index in [2.05, 4.69) is 0 Å².